The molecule has 184 valence electrons. The average Bonchev–Trinajstić information content (AvgIpc) is 3.24. The number of hydrogen-bond donors (Lipinski definition) is 1. The zero-order valence-corrected chi connectivity index (χ0v) is 20.7. The summed E-state index contributed by atoms with van der Waals surface area (Å²) in [4.78, 5) is 43.3. The molecular formula is C25H32N8O2. The van der Waals surface area contributed by atoms with Crippen molar-refractivity contribution < 1.29 is 0 Å². The van der Waals surface area contributed by atoms with Crippen LogP contribution in [0.15, 0.2) is 9.59 Å². The van der Waals surface area contributed by atoms with Gasteiger partial charge in [0, 0.05) is 37.6 Å². The van der Waals surface area contributed by atoms with Gasteiger partial charge >= 0.3 is 5.69 Å². The molecule has 10 nitrogen and oxygen atoms in total. The van der Waals surface area contributed by atoms with E-state index in [0.717, 1.165) is 56.5 Å². The zero-order chi connectivity index (χ0) is 24.7. The van der Waals surface area contributed by atoms with Gasteiger partial charge in [-0.15, -0.1) is 5.92 Å². The molecule has 0 saturated carbocycles. The summed E-state index contributed by atoms with van der Waals surface area (Å²) in [5.74, 6) is 7.08. The first-order valence-corrected chi connectivity index (χ1v) is 12.3. The van der Waals surface area contributed by atoms with Crippen LogP contribution in [0, 0.1) is 18.8 Å². The van der Waals surface area contributed by atoms with Crippen molar-refractivity contribution in [2.24, 2.45) is 12.8 Å². The van der Waals surface area contributed by atoms with E-state index in [1.165, 1.54) is 14.7 Å². The Morgan fingerprint density at radius 2 is 1.89 bits per heavy atom. The van der Waals surface area contributed by atoms with Gasteiger partial charge in [-0.05, 0) is 57.9 Å². The molecule has 1 aliphatic heterocycles. The molecule has 10 heteroatoms. The van der Waals surface area contributed by atoms with Gasteiger partial charge in [-0.3, -0.25) is 18.5 Å². The number of piperidine rings is 1. The van der Waals surface area contributed by atoms with Gasteiger partial charge < -0.3 is 10.6 Å². The third-order valence-corrected chi connectivity index (χ3v) is 7.10. The SMILES string of the molecule is CC#CCn1c(N2CCC[C@@H](N)C2)nc2c1c(=O)n(Cc1nc(C)c3c(n1)CCCC3)c(=O)n2C. The van der Waals surface area contributed by atoms with Crippen LogP contribution in [-0.2, 0) is 33.0 Å². The lowest BCUT2D eigenvalue weighted by Crippen LogP contribution is -2.44. The molecule has 0 amide bonds. The molecule has 4 heterocycles. The molecular weight excluding hydrogens is 444 g/mol. The van der Waals surface area contributed by atoms with Gasteiger partial charge in [0.25, 0.3) is 5.56 Å². The quantitative estimate of drug-likeness (QED) is 0.556. The van der Waals surface area contributed by atoms with Crippen molar-refractivity contribution in [3.8, 4) is 11.8 Å². The van der Waals surface area contributed by atoms with Crippen LogP contribution in [-0.4, -0.2) is 47.8 Å². The second kappa shape index (κ2) is 9.30. The molecule has 0 aromatic carbocycles. The highest BCUT2D eigenvalue weighted by atomic mass is 16.2. The fourth-order valence-electron chi connectivity index (χ4n) is 5.30. The first-order chi connectivity index (χ1) is 16.9. The molecule has 2 aliphatic rings. The molecule has 3 aromatic rings. The zero-order valence-electron chi connectivity index (χ0n) is 20.7. The minimum atomic E-state index is -0.436. The van der Waals surface area contributed by atoms with Crippen molar-refractivity contribution in [1.82, 2.24) is 28.7 Å². The van der Waals surface area contributed by atoms with Crippen LogP contribution < -0.4 is 21.9 Å². The van der Waals surface area contributed by atoms with Gasteiger partial charge in [0.05, 0.1) is 13.1 Å². The molecule has 2 N–H and O–H groups in total. The van der Waals surface area contributed by atoms with E-state index in [0.29, 0.717) is 36.0 Å². The normalized spacial score (nSPS) is 17.8. The summed E-state index contributed by atoms with van der Waals surface area (Å²) >= 11 is 0. The van der Waals surface area contributed by atoms with E-state index < -0.39 is 11.2 Å². The fraction of sp³-hybridized carbons (Fsp3) is 0.560. The second-order valence-corrected chi connectivity index (χ2v) is 9.54. The van der Waals surface area contributed by atoms with Crippen LogP contribution in [0.2, 0.25) is 0 Å². The third-order valence-electron chi connectivity index (χ3n) is 7.10. The van der Waals surface area contributed by atoms with E-state index in [1.807, 2.05) is 11.5 Å². The van der Waals surface area contributed by atoms with Crippen molar-refractivity contribution in [3.05, 3.63) is 43.6 Å². The first kappa shape index (κ1) is 23.3. The summed E-state index contributed by atoms with van der Waals surface area (Å²) < 4.78 is 4.47. The summed E-state index contributed by atoms with van der Waals surface area (Å²) in [6.07, 6.45) is 6.02. The van der Waals surface area contributed by atoms with Crippen molar-refractivity contribution >= 4 is 17.1 Å². The summed E-state index contributed by atoms with van der Waals surface area (Å²) in [6, 6.07) is 0.0409. The van der Waals surface area contributed by atoms with Crippen LogP contribution in [0.3, 0.4) is 0 Å². The van der Waals surface area contributed by atoms with E-state index in [1.54, 1.807) is 14.0 Å². The van der Waals surface area contributed by atoms with Crippen LogP contribution >= 0.6 is 0 Å². The lowest BCUT2D eigenvalue weighted by atomic mass is 9.95. The van der Waals surface area contributed by atoms with Crippen molar-refractivity contribution in [2.45, 2.75) is 71.5 Å². The van der Waals surface area contributed by atoms with Gasteiger partial charge in [0.1, 0.15) is 5.82 Å². The summed E-state index contributed by atoms with van der Waals surface area (Å²) in [7, 11) is 1.65. The molecule has 3 aromatic heterocycles. The monoisotopic (exact) mass is 476 g/mol. The molecule has 5 rings (SSSR count). The van der Waals surface area contributed by atoms with Crippen LogP contribution in [0.5, 0.6) is 0 Å². The van der Waals surface area contributed by atoms with E-state index in [2.05, 4.69) is 21.7 Å². The number of imidazole rings is 1. The predicted octanol–water partition coefficient (Wildman–Crippen LogP) is 0.873. The van der Waals surface area contributed by atoms with Crippen molar-refractivity contribution in [3.63, 3.8) is 0 Å². The predicted molar refractivity (Wildman–Crippen MR) is 135 cm³/mol. The number of fused-ring (bicyclic) bond motifs is 2. The molecule has 0 bridgehead atoms. The highest BCUT2D eigenvalue weighted by Crippen LogP contribution is 2.24. The topological polar surface area (TPSA) is 117 Å². The number of nitrogens with two attached hydrogens (primary N) is 1. The standard InChI is InChI=1S/C25H32N8O2/c1-4-5-13-32-21-22(29-24(32)31-12-8-9-17(26)14-31)30(3)25(35)33(23(21)34)15-20-27-16(2)18-10-6-7-11-19(18)28-20/h17H,6-15,26H2,1-3H3/t17-/m1/s1. The van der Waals surface area contributed by atoms with Crippen molar-refractivity contribution in [1.29, 1.82) is 0 Å². The molecule has 1 fully saturated rings. The minimum Gasteiger partial charge on any atom is -0.341 e. The van der Waals surface area contributed by atoms with Crippen LogP contribution in [0.25, 0.3) is 11.2 Å². The van der Waals surface area contributed by atoms with E-state index in [4.69, 9.17) is 15.7 Å². The Kier molecular flexibility index (Phi) is 6.19. The van der Waals surface area contributed by atoms with E-state index in [9.17, 15) is 9.59 Å². The molecule has 0 radical (unpaired) electrons. The van der Waals surface area contributed by atoms with E-state index in [-0.39, 0.29) is 12.6 Å². The summed E-state index contributed by atoms with van der Waals surface area (Å²) in [6.45, 7) is 5.50. The molecule has 0 spiro atoms. The Balaban J connectivity index is 1.66. The first-order valence-electron chi connectivity index (χ1n) is 12.3. The average molecular weight is 477 g/mol. The number of nitrogens with zero attached hydrogens (tertiary/aromatic N) is 7. The lowest BCUT2D eigenvalue weighted by molar-refractivity contribution is 0.496. The molecule has 1 atom stereocenters. The van der Waals surface area contributed by atoms with Gasteiger partial charge in [-0.1, -0.05) is 5.92 Å². The van der Waals surface area contributed by atoms with Crippen molar-refractivity contribution in [2.75, 3.05) is 18.0 Å². The molecule has 1 aliphatic carbocycles. The van der Waals surface area contributed by atoms with Gasteiger partial charge in [0.15, 0.2) is 11.2 Å². The molecule has 1 saturated heterocycles. The number of anilines is 1. The Labute approximate surface area is 203 Å². The Bertz CT molecular complexity index is 1470. The number of rotatable bonds is 4. The Morgan fingerprint density at radius 1 is 1.09 bits per heavy atom. The summed E-state index contributed by atoms with van der Waals surface area (Å²) in [5.41, 5.74) is 9.27. The van der Waals surface area contributed by atoms with Crippen LogP contribution in [0.4, 0.5) is 5.95 Å². The number of hydrogen-bond acceptors (Lipinski definition) is 7. The lowest BCUT2D eigenvalue weighted by Gasteiger charge is -2.31. The Hall–Kier alpha value is -3.45. The van der Waals surface area contributed by atoms with Gasteiger partial charge in [-0.25, -0.2) is 14.8 Å². The minimum absolute atomic E-state index is 0.0180. The molecule has 35 heavy (non-hydrogen) atoms. The maximum absolute atomic E-state index is 13.8. The highest BCUT2D eigenvalue weighted by Gasteiger charge is 2.26. The maximum Gasteiger partial charge on any atom is 0.332 e. The number of aromatic nitrogens is 6. The largest absolute Gasteiger partial charge is 0.341 e. The maximum atomic E-state index is 13.8. The molecule has 0 unspecified atom stereocenters. The second-order valence-electron chi connectivity index (χ2n) is 9.54. The van der Waals surface area contributed by atoms with Crippen LogP contribution in [0.1, 0.15) is 55.4 Å². The smallest absolute Gasteiger partial charge is 0.332 e. The summed E-state index contributed by atoms with van der Waals surface area (Å²) in [5, 5.41) is 0. The third kappa shape index (κ3) is 4.14. The highest BCUT2D eigenvalue weighted by molar-refractivity contribution is 5.75. The number of aryl methyl sites for hydroxylation is 3. The van der Waals surface area contributed by atoms with Gasteiger partial charge in [-0.2, -0.15) is 4.98 Å². The van der Waals surface area contributed by atoms with Gasteiger partial charge in [0.2, 0.25) is 5.95 Å². The van der Waals surface area contributed by atoms with E-state index >= 15 is 0 Å². The Morgan fingerprint density at radius 3 is 2.66 bits per heavy atom. The fourth-order valence-corrected chi connectivity index (χ4v) is 5.30.